The molecule has 0 spiro atoms. The molecule has 2 aromatic rings. The van der Waals surface area contributed by atoms with Crippen LogP contribution in [0.5, 0.6) is 5.75 Å². The molecule has 4 rings (SSSR count). The molecule has 1 fully saturated rings. The van der Waals surface area contributed by atoms with Crippen molar-refractivity contribution in [2.75, 3.05) is 11.9 Å². The van der Waals surface area contributed by atoms with Gasteiger partial charge in [-0.3, -0.25) is 0 Å². The summed E-state index contributed by atoms with van der Waals surface area (Å²) < 4.78 is 47.3. The lowest BCUT2D eigenvalue weighted by Crippen LogP contribution is -2.29. The SMILES string of the molecule is FC(F)(F)Oc1ccc2c(c1)C1OCCC1C(c1ccccc1)N2. The van der Waals surface area contributed by atoms with Gasteiger partial charge in [0.2, 0.25) is 0 Å². The van der Waals surface area contributed by atoms with Crippen LogP contribution in [0.25, 0.3) is 0 Å². The summed E-state index contributed by atoms with van der Waals surface area (Å²) in [5.74, 6) is -0.0310. The molecule has 126 valence electrons. The highest BCUT2D eigenvalue weighted by atomic mass is 19.4. The molecule has 3 atom stereocenters. The Morgan fingerprint density at radius 3 is 2.62 bits per heavy atom. The molecule has 0 aliphatic carbocycles. The molecule has 3 nitrogen and oxygen atoms in total. The summed E-state index contributed by atoms with van der Waals surface area (Å²) in [5, 5.41) is 3.46. The molecule has 2 aliphatic heterocycles. The summed E-state index contributed by atoms with van der Waals surface area (Å²) >= 11 is 0. The van der Waals surface area contributed by atoms with Crippen molar-refractivity contribution in [3.05, 3.63) is 59.7 Å². The van der Waals surface area contributed by atoms with E-state index in [1.807, 2.05) is 18.2 Å². The van der Waals surface area contributed by atoms with Crippen molar-refractivity contribution in [1.82, 2.24) is 0 Å². The van der Waals surface area contributed by atoms with Crippen molar-refractivity contribution in [2.24, 2.45) is 5.92 Å². The minimum atomic E-state index is -4.70. The maximum Gasteiger partial charge on any atom is 0.573 e. The van der Waals surface area contributed by atoms with Crippen molar-refractivity contribution in [3.63, 3.8) is 0 Å². The van der Waals surface area contributed by atoms with Crippen LogP contribution in [-0.4, -0.2) is 13.0 Å². The Morgan fingerprint density at radius 1 is 1.08 bits per heavy atom. The first kappa shape index (κ1) is 15.3. The first-order valence-electron chi connectivity index (χ1n) is 7.84. The number of fused-ring (bicyclic) bond motifs is 3. The van der Waals surface area contributed by atoms with E-state index < -0.39 is 6.36 Å². The van der Waals surface area contributed by atoms with Crippen LogP contribution in [-0.2, 0) is 4.74 Å². The van der Waals surface area contributed by atoms with Crippen molar-refractivity contribution >= 4 is 5.69 Å². The predicted octanol–water partition coefficient (Wildman–Crippen LogP) is 4.83. The average molecular weight is 335 g/mol. The smallest absolute Gasteiger partial charge is 0.406 e. The highest BCUT2D eigenvalue weighted by Gasteiger charge is 2.42. The molecule has 1 saturated heterocycles. The topological polar surface area (TPSA) is 30.5 Å². The van der Waals surface area contributed by atoms with Gasteiger partial charge >= 0.3 is 6.36 Å². The second kappa shape index (κ2) is 5.70. The molecule has 2 heterocycles. The Bertz CT molecular complexity index is 733. The van der Waals surface area contributed by atoms with Crippen molar-refractivity contribution in [1.29, 1.82) is 0 Å². The predicted molar refractivity (Wildman–Crippen MR) is 82.7 cm³/mol. The van der Waals surface area contributed by atoms with Gasteiger partial charge in [-0.05, 0) is 30.2 Å². The highest BCUT2D eigenvalue weighted by molar-refractivity contribution is 5.59. The fourth-order valence-electron chi connectivity index (χ4n) is 3.64. The molecule has 0 radical (unpaired) electrons. The van der Waals surface area contributed by atoms with Crippen LogP contribution >= 0.6 is 0 Å². The van der Waals surface area contributed by atoms with Gasteiger partial charge in [0.15, 0.2) is 0 Å². The quantitative estimate of drug-likeness (QED) is 0.853. The fourth-order valence-corrected chi connectivity index (χ4v) is 3.64. The summed E-state index contributed by atoms with van der Waals surface area (Å²) in [7, 11) is 0. The molecule has 24 heavy (non-hydrogen) atoms. The second-order valence-electron chi connectivity index (χ2n) is 6.07. The standard InChI is InChI=1S/C18H16F3NO2/c19-18(20,21)24-12-6-7-15-14(10-12)17-13(8-9-23-17)16(22-15)11-4-2-1-3-5-11/h1-7,10,13,16-17,22H,8-9H2. The number of halogens is 3. The van der Waals surface area contributed by atoms with Gasteiger partial charge in [-0.25, -0.2) is 0 Å². The highest BCUT2D eigenvalue weighted by Crippen LogP contribution is 2.50. The van der Waals surface area contributed by atoms with Gasteiger partial charge in [0, 0.05) is 23.8 Å². The maximum atomic E-state index is 12.5. The van der Waals surface area contributed by atoms with Crippen LogP contribution in [0.15, 0.2) is 48.5 Å². The van der Waals surface area contributed by atoms with E-state index in [4.69, 9.17) is 4.74 Å². The number of rotatable bonds is 2. The van der Waals surface area contributed by atoms with Gasteiger partial charge in [0.05, 0.1) is 12.1 Å². The van der Waals surface area contributed by atoms with Crippen LogP contribution < -0.4 is 10.1 Å². The third-order valence-electron chi connectivity index (χ3n) is 4.60. The molecule has 6 heteroatoms. The number of nitrogens with one attached hydrogen (secondary N) is 1. The van der Waals surface area contributed by atoms with Gasteiger partial charge in [0.25, 0.3) is 0 Å². The molecule has 0 saturated carbocycles. The van der Waals surface area contributed by atoms with Crippen LogP contribution in [0.3, 0.4) is 0 Å². The van der Waals surface area contributed by atoms with E-state index in [9.17, 15) is 13.2 Å². The fraction of sp³-hybridized carbons (Fsp3) is 0.333. The van der Waals surface area contributed by atoms with Gasteiger partial charge in [-0.1, -0.05) is 30.3 Å². The zero-order chi connectivity index (χ0) is 16.7. The number of alkyl halides is 3. The van der Waals surface area contributed by atoms with E-state index in [1.54, 1.807) is 6.07 Å². The van der Waals surface area contributed by atoms with Crippen LogP contribution in [0.1, 0.15) is 29.7 Å². The maximum absolute atomic E-state index is 12.5. The summed E-state index contributed by atoms with van der Waals surface area (Å²) in [4.78, 5) is 0. The lowest BCUT2D eigenvalue weighted by atomic mass is 9.81. The van der Waals surface area contributed by atoms with Crippen LogP contribution in [0.4, 0.5) is 18.9 Å². The molecule has 3 unspecified atom stereocenters. The zero-order valence-electron chi connectivity index (χ0n) is 12.7. The van der Waals surface area contributed by atoms with E-state index in [-0.39, 0.29) is 23.8 Å². The molecule has 0 amide bonds. The number of ether oxygens (including phenoxy) is 2. The van der Waals surface area contributed by atoms with E-state index in [2.05, 4.69) is 22.2 Å². The molecular formula is C18H16F3NO2. The largest absolute Gasteiger partial charge is 0.573 e. The number of hydrogen-bond donors (Lipinski definition) is 1. The van der Waals surface area contributed by atoms with Crippen molar-refractivity contribution in [3.8, 4) is 5.75 Å². The summed E-state index contributed by atoms with van der Waals surface area (Å²) in [5.41, 5.74) is 2.67. The van der Waals surface area contributed by atoms with Crippen molar-refractivity contribution in [2.45, 2.75) is 24.9 Å². The lowest BCUT2D eigenvalue weighted by molar-refractivity contribution is -0.274. The number of benzene rings is 2. The van der Waals surface area contributed by atoms with E-state index in [1.165, 1.54) is 12.1 Å². The average Bonchev–Trinajstić information content (AvgIpc) is 3.03. The lowest BCUT2D eigenvalue weighted by Gasteiger charge is -2.36. The number of hydrogen-bond acceptors (Lipinski definition) is 3. The monoisotopic (exact) mass is 335 g/mol. The molecule has 2 aliphatic rings. The molecule has 2 aromatic carbocycles. The Hall–Kier alpha value is -2.21. The van der Waals surface area contributed by atoms with Crippen LogP contribution in [0.2, 0.25) is 0 Å². The van der Waals surface area contributed by atoms with E-state index in [0.717, 1.165) is 23.2 Å². The Labute approximate surface area is 137 Å². The van der Waals surface area contributed by atoms with Gasteiger partial charge in [0.1, 0.15) is 5.75 Å². The number of anilines is 1. The normalized spacial score (nSPS) is 25.5. The first-order valence-corrected chi connectivity index (χ1v) is 7.84. The molecular weight excluding hydrogens is 319 g/mol. The molecule has 1 N–H and O–H groups in total. The van der Waals surface area contributed by atoms with Gasteiger partial charge in [-0.2, -0.15) is 0 Å². The first-order chi connectivity index (χ1) is 11.5. The Balaban J connectivity index is 1.70. The summed E-state index contributed by atoms with van der Waals surface area (Å²) in [6, 6.07) is 14.5. The second-order valence-corrected chi connectivity index (χ2v) is 6.07. The van der Waals surface area contributed by atoms with Crippen LogP contribution in [0, 0.1) is 5.92 Å². The molecule has 0 bridgehead atoms. The third kappa shape index (κ3) is 2.82. The van der Waals surface area contributed by atoms with Crippen molar-refractivity contribution < 1.29 is 22.6 Å². The zero-order valence-corrected chi connectivity index (χ0v) is 12.7. The molecule has 0 aromatic heterocycles. The van der Waals surface area contributed by atoms with E-state index >= 15 is 0 Å². The summed E-state index contributed by atoms with van der Waals surface area (Å²) in [6.45, 7) is 0.601. The van der Waals surface area contributed by atoms with E-state index in [0.29, 0.717) is 6.61 Å². The Kier molecular flexibility index (Phi) is 3.64. The van der Waals surface area contributed by atoms with Gasteiger partial charge < -0.3 is 14.8 Å². The minimum absolute atomic E-state index is 0.0839. The minimum Gasteiger partial charge on any atom is -0.406 e. The van der Waals surface area contributed by atoms with Gasteiger partial charge in [-0.15, -0.1) is 13.2 Å². The Morgan fingerprint density at radius 2 is 1.88 bits per heavy atom. The summed E-state index contributed by atoms with van der Waals surface area (Å²) in [6.07, 6.45) is -4.05. The third-order valence-corrected chi connectivity index (χ3v) is 4.60.